The molecule has 0 saturated heterocycles. The van der Waals surface area contributed by atoms with Crippen molar-refractivity contribution in [1.82, 2.24) is 5.32 Å². The van der Waals surface area contributed by atoms with E-state index in [-0.39, 0.29) is 0 Å². The molecule has 1 fully saturated rings. The van der Waals surface area contributed by atoms with E-state index in [1.165, 1.54) is 32.1 Å². The molecule has 0 aromatic carbocycles. The van der Waals surface area contributed by atoms with Crippen molar-refractivity contribution in [1.29, 1.82) is 0 Å². The molecule has 0 spiro atoms. The third kappa shape index (κ3) is 4.43. The Balaban J connectivity index is 2.22. The van der Waals surface area contributed by atoms with E-state index in [1.54, 1.807) is 0 Å². The second kappa shape index (κ2) is 4.63. The fourth-order valence-electron chi connectivity index (χ4n) is 2.25. The molecule has 0 aromatic heterocycles. The van der Waals surface area contributed by atoms with Crippen molar-refractivity contribution < 1.29 is 5.11 Å². The van der Waals surface area contributed by atoms with Crippen LogP contribution in [-0.4, -0.2) is 23.8 Å². The van der Waals surface area contributed by atoms with E-state index >= 15 is 0 Å². The first-order valence-electron chi connectivity index (χ1n) is 5.84. The number of nitrogens with one attached hydrogen (secondary N) is 1. The first kappa shape index (κ1) is 12.0. The van der Waals surface area contributed by atoms with Gasteiger partial charge in [-0.1, -0.05) is 26.2 Å². The lowest BCUT2D eigenvalue weighted by molar-refractivity contribution is 0.0739. The van der Waals surface area contributed by atoms with Crippen molar-refractivity contribution in [3.05, 3.63) is 0 Å². The van der Waals surface area contributed by atoms with E-state index in [2.05, 4.69) is 12.2 Å². The minimum absolute atomic E-state index is 0.476. The SMILES string of the molecule is CC(C)(O)CNCC1(C)CCCCC1. The molecule has 1 saturated carbocycles. The molecule has 1 rings (SSSR count). The Morgan fingerprint density at radius 1 is 1.21 bits per heavy atom. The van der Waals surface area contributed by atoms with Crippen LogP contribution >= 0.6 is 0 Å². The van der Waals surface area contributed by atoms with Crippen molar-refractivity contribution in [2.24, 2.45) is 5.41 Å². The van der Waals surface area contributed by atoms with Gasteiger partial charge in [-0.3, -0.25) is 0 Å². The highest BCUT2D eigenvalue weighted by atomic mass is 16.3. The quantitative estimate of drug-likeness (QED) is 0.728. The minimum Gasteiger partial charge on any atom is -0.389 e. The number of aliphatic hydroxyl groups is 1. The van der Waals surface area contributed by atoms with Gasteiger partial charge in [-0.15, -0.1) is 0 Å². The van der Waals surface area contributed by atoms with Crippen LogP contribution in [0.25, 0.3) is 0 Å². The Labute approximate surface area is 88.1 Å². The molecule has 0 bridgehead atoms. The van der Waals surface area contributed by atoms with Crippen LogP contribution in [0.15, 0.2) is 0 Å². The Morgan fingerprint density at radius 2 is 1.79 bits per heavy atom. The third-order valence-electron chi connectivity index (χ3n) is 3.17. The van der Waals surface area contributed by atoms with Crippen LogP contribution in [0.1, 0.15) is 52.9 Å². The Morgan fingerprint density at radius 3 is 2.29 bits per heavy atom. The highest BCUT2D eigenvalue weighted by Gasteiger charge is 2.26. The van der Waals surface area contributed by atoms with Crippen LogP contribution in [0.2, 0.25) is 0 Å². The van der Waals surface area contributed by atoms with Gasteiger partial charge in [0.05, 0.1) is 5.60 Å². The summed E-state index contributed by atoms with van der Waals surface area (Å²) in [5.74, 6) is 0. The van der Waals surface area contributed by atoms with Gasteiger partial charge in [0.25, 0.3) is 0 Å². The van der Waals surface area contributed by atoms with Crippen molar-refractivity contribution in [2.75, 3.05) is 13.1 Å². The van der Waals surface area contributed by atoms with Crippen LogP contribution in [0.3, 0.4) is 0 Å². The molecule has 0 radical (unpaired) electrons. The lowest BCUT2D eigenvalue weighted by Gasteiger charge is -2.34. The summed E-state index contributed by atoms with van der Waals surface area (Å²) in [4.78, 5) is 0. The monoisotopic (exact) mass is 199 g/mol. The molecule has 0 unspecified atom stereocenters. The molecular weight excluding hydrogens is 174 g/mol. The third-order valence-corrected chi connectivity index (χ3v) is 3.17. The predicted molar refractivity (Wildman–Crippen MR) is 60.4 cm³/mol. The second-order valence-corrected chi connectivity index (χ2v) is 5.79. The standard InChI is InChI=1S/C12H25NO/c1-11(2,14)9-13-10-12(3)7-5-4-6-8-12/h13-14H,4-10H2,1-3H3. The fraction of sp³-hybridized carbons (Fsp3) is 1.00. The van der Waals surface area contributed by atoms with Crippen molar-refractivity contribution >= 4 is 0 Å². The van der Waals surface area contributed by atoms with Gasteiger partial charge in [-0.05, 0) is 32.1 Å². The maximum atomic E-state index is 9.57. The fourth-order valence-corrected chi connectivity index (χ4v) is 2.25. The summed E-state index contributed by atoms with van der Waals surface area (Å²) in [5.41, 5.74) is -0.103. The first-order valence-corrected chi connectivity index (χ1v) is 5.84. The van der Waals surface area contributed by atoms with Crippen molar-refractivity contribution in [3.63, 3.8) is 0 Å². The van der Waals surface area contributed by atoms with Gasteiger partial charge in [0.2, 0.25) is 0 Å². The molecular formula is C12H25NO. The van der Waals surface area contributed by atoms with Gasteiger partial charge in [0.1, 0.15) is 0 Å². The van der Waals surface area contributed by atoms with Crippen LogP contribution in [0.5, 0.6) is 0 Å². The molecule has 2 N–H and O–H groups in total. The van der Waals surface area contributed by atoms with Gasteiger partial charge in [0, 0.05) is 13.1 Å². The van der Waals surface area contributed by atoms with E-state index in [0.29, 0.717) is 12.0 Å². The van der Waals surface area contributed by atoms with E-state index in [1.807, 2.05) is 13.8 Å². The zero-order chi connectivity index (χ0) is 10.7. The molecule has 2 heteroatoms. The lowest BCUT2D eigenvalue weighted by atomic mass is 9.75. The molecule has 0 amide bonds. The molecule has 0 aliphatic heterocycles. The summed E-state index contributed by atoms with van der Waals surface area (Å²) in [6.45, 7) is 7.82. The topological polar surface area (TPSA) is 32.3 Å². The zero-order valence-corrected chi connectivity index (χ0v) is 9.90. The maximum Gasteiger partial charge on any atom is 0.0715 e. The Bertz CT molecular complexity index is 166. The molecule has 84 valence electrons. The summed E-state index contributed by atoms with van der Waals surface area (Å²) in [6.07, 6.45) is 6.83. The van der Waals surface area contributed by atoms with Crippen molar-refractivity contribution in [2.45, 2.75) is 58.5 Å². The first-order chi connectivity index (χ1) is 6.41. The van der Waals surface area contributed by atoms with E-state index < -0.39 is 5.60 Å². The summed E-state index contributed by atoms with van der Waals surface area (Å²) in [7, 11) is 0. The molecule has 0 heterocycles. The number of hydrogen-bond donors (Lipinski definition) is 2. The average molecular weight is 199 g/mol. The summed E-state index contributed by atoms with van der Waals surface area (Å²) >= 11 is 0. The van der Waals surface area contributed by atoms with Gasteiger partial charge < -0.3 is 10.4 Å². The van der Waals surface area contributed by atoms with Crippen molar-refractivity contribution in [3.8, 4) is 0 Å². The summed E-state index contributed by atoms with van der Waals surface area (Å²) in [5, 5.41) is 13.0. The van der Waals surface area contributed by atoms with Crippen LogP contribution in [0, 0.1) is 5.41 Å². The summed E-state index contributed by atoms with van der Waals surface area (Å²) < 4.78 is 0. The Hall–Kier alpha value is -0.0800. The van der Waals surface area contributed by atoms with Crippen LogP contribution in [-0.2, 0) is 0 Å². The normalized spacial score (nSPS) is 22.3. The molecule has 2 nitrogen and oxygen atoms in total. The van der Waals surface area contributed by atoms with E-state index in [0.717, 1.165) is 6.54 Å². The Kier molecular flexibility index (Phi) is 3.96. The molecule has 0 atom stereocenters. The van der Waals surface area contributed by atoms with E-state index in [4.69, 9.17) is 0 Å². The highest BCUT2D eigenvalue weighted by molar-refractivity contribution is 4.81. The van der Waals surface area contributed by atoms with Crippen LogP contribution in [0.4, 0.5) is 0 Å². The van der Waals surface area contributed by atoms with E-state index in [9.17, 15) is 5.11 Å². The predicted octanol–water partition coefficient (Wildman–Crippen LogP) is 2.32. The molecule has 0 aromatic rings. The lowest BCUT2D eigenvalue weighted by Crippen LogP contribution is -2.41. The molecule has 1 aliphatic rings. The highest BCUT2D eigenvalue weighted by Crippen LogP contribution is 2.34. The number of hydrogen-bond acceptors (Lipinski definition) is 2. The van der Waals surface area contributed by atoms with Gasteiger partial charge in [-0.2, -0.15) is 0 Å². The van der Waals surface area contributed by atoms with Gasteiger partial charge in [-0.25, -0.2) is 0 Å². The number of rotatable bonds is 4. The summed E-state index contributed by atoms with van der Waals surface area (Å²) in [6, 6.07) is 0. The van der Waals surface area contributed by atoms with Crippen LogP contribution < -0.4 is 5.32 Å². The second-order valence-electron chi connectivity index (χ2n) is 5.79. The zero-order valence-electron chi connectivity index (χ0n) is 9.90. The largest absolute Gasteiger partial charge is 0.389 e. The minimum atomic E-state index is -0.578. The van der Waals surface area contributed by atoms with Gasteiger partial charge >= 0.3 is 0 Å². The molecule has 1 aliphatic carbocycles. The maximum absolute atomic E-state index is 9.57. The average Bonchev–Trinajstić information content (AvgIpc) is 2.02. The van der Waals surface area contributed by atoms with Gasteiger partial charge in [0.15, 0.2) is 0 Å². The molecule has 14 heavy (non-hydrogen) atoms. The smallest absolute Gasteiger partial charge is 0.0715 e.